The monoisotopic (exact) mass is 191 g/mol. The van der Waals surface area contributed by atoms with Gasteiger partial charge in [0.05, 0.1) is 6.26 Å². The van der Waals surface area contributed by atoms with E-state index in [9.17, 15) is 0 Å². The molecule has 1 aromatic heterocycles. The van der Waals surface area contributed by atoms with Crippen LogP contribution in [-0.4, -0.2) is 0 Å². The Kier molecular flexibility index (Phi) is 14.1. The molecule has 0 amide bonds. The van der Waals surface area contributed by atoms with Gasteiger partial charge >= 0.3 is 0 Å². The van der Waals surface area contributed by atoms with Crippen molar-refractivity contribution in [2.45, 2.75) is 0 Å². The molecule has 0 aliphatic heterocycles. The van der Waals surface area contributed by atoms with Crippen molar-refractivity contribution in [2.75, 3.05) is 5.73 Å². The third-order valence-electron chi connectivity index (χ3n) is 0.543. The van der Waals surface area contributed by atoms with E-state index < -0.39 is 0 Å². The number of furan rings is 1. The van der Waals surface area contributed by atoms with Crippen molar-refractivity contribution in [1.29, 1.82) is 0 Å². The quantitative estimate of drug-likeness (QED) is 0.684. The number of anilines is 1. The molecule has 0 radical (unpaired) electrons. The topological polar surface area (TPSA) is 39.2 Å². The molecule has 0 saturated heterocycles. The Morgan fingerprint density at radius 3 is 1.89 bits per heavy atom. The van der Waals surface area contributed by atoms with Gasteiger partial charge in [0, 0.05) is 6.07 Å². The van der Waals surface area contributed by atoms with Crippen molar-refractivity contribution in [3.05, 3.63) is 18.4 Å². The van der Waals surface area contributed by atoms with Gasteiger partial charge in [-0.25, -0.2) is 0 Å². The minimum atomic E-state index is 0. The van der Waals surface area contributed by atoms with Crippen molar-refractivity contribution in [2.24, 2.45) is 0 Å². The molecule has 1 heterocycles. The Morgan fingerprint density at radius 1 is 1.22 bits per heavy atom. The molecule has 0 atom stereocenters. The van der Waals surface area contributed by atoms with E-state index in [1.54, 1.807) is 12.1 Å². The van der Waals surface area contributed by atoms with Crippen LogP contribution < -0.4 is 5.73 Å². The maximum Gasteiger partial charge on any atom is 0.190 e. The molecule has 2 N–H and O–H groups in total. The Balaban J connectivity index is -0.000000120. The molecule has 0 bridgehead atoms. The van der Waals surface area contributed by atoms with Crippen LogP contribution in [0.5, 0.6) is 0 Å². The van der Waals surface area contributed by atoms with Gasteiger partial charge in [-0.15, -0.1) is 37.2 Å². The lowest BCUT2D eigenvalue weighted by atomic mass is 10.6. The van der Waals surface area contributed by atoms with Gasteiger partial charge in [0.2, 0.25) is 0 Å². The molecule has 0 unspecified atom stereocenters. The SMILES string of the molecule is Cl.Cl.Cl.Nc1ccco1. The van der Waals surface area contributed by atoms with Crippen molar-refractivity contribution >= 4 is 43.1 Å². The van der Waals surface area contributed by atoms with Gasteiger partial charge in [-0.1, -0.05) is 0 Å². The second-order valence-corrected chi connectivity index (χ2v) is 1.02. The van der Waals surface area contributed by atoms with Crippen molar-refractivity contribution in [1.82, 2.24) is 0 Å². The summed E-state index contributed by atoms with van der Waals surface area (Å²) >= 11 is 0. The molecule has 0 aliphatic carbocycles. The predicted octanol–water partition coefficient (Wildman–Crippen LogP) is 2.13. The fourth-order valence-corrected chi connectivity index (χ4v) is 0.291. The van der Waals surface area contributed by atoms with Gasteiger partial charge in [-0.3, -0.25) is 0 Å². The molecule has 0 aromatic carbocycles. The fraction of sp³-hybridized carbons (Fsp3) is 0. The van der Waals surface area contributed by atoms with E-state index in [1.165, 1.54) is 6.26 Å². The standard InChI is InChI=1S/C4H5NO.3ClH/c5-4-2-1-3-6-4;;;/h1-3H,5H2;3*1H. The van der Waals surface area contributed by atoms with E-state index in [0.29, 0.717) is 5.88 Å². The van der Waals surface area contributed by atoms with Gasteiger partial charge in [0.1, 0.15) is 0 Å². The van der Waals surface area contributed by atoms with Gasteiger partial charge in [0.25, 0.3) is 0 Å². The summed E-state index contributed by atoms with van der Waals surface area (Å²) in [6, 6.07) is 3.44. The van der Waals surface area contributed by atoms with Gasteiger partial charge in [-0.2, -0.15) is 0 Å². The minimum absolute atomic E-state index is 0. The zero-order valence-corrected chi connectivity index (χ0v) is 6.89. The highest BCUT2D eigenvalue weighted by atomic mass is 35.5. The summed E-state index contributed by atoms with van der Waals surface area (Å²) in [5, 5.41) is 0. The first-order valence-electron chi connectivity index (χ1n) is 1.68. The van der Waals surface area contributed by atoms with Crippen LogP contribution in [0.1, 0.15) is 0 Å². The van der Waals surface area contributed by atoms with Crippen LogP contribution >= 0.6 is 37.2 Å². The third-order valence-corrected chi connectivity index (χ3v) is 0.543. The summed E-state index contributed by atoms with van der Waals surface area (Å²) in [4.78, 5) is 0. The van der Waals surface area contributed by atoms with Crippen LogP contribution in [-0.2, 0) is 0 Å². The summed E-state index contributed by atoms with van der Waals surface area (Å²) in [6.07, 6.45) is 1.54. The molecular weight excluding hydrogens is 184 g/mol. The van der Waals surface area contributed by atoms with Crippen LogP contribution in [0.15, 0.2) is 22.8 Å². The molecule has 0 fully saturated rings. The molecule has 0 spiro atoms. The van der Waals surface area contributed by atoms with Gasteiger partial charge in [0.15, 0.2) is 5.88 Å². The Bertz CT molecular complexity index is 119. The zero-order valence-electron chi connectivity index (χ0n) is 4.44. The Morgan fingerprint density at radius 2 is 1.78 bits per heavy atom. The van der Waals surface area contributed by atoms with Crippen LogP contribution in [0.3, 0.4) is 0 Å². The molecule has 56 valence electrons. The molecular formula is C4H8Cl3NO. The molecule has 5 heteroatoms. The largest absolute Gasteiger partial charge is 0.449 e. The first-order valence-corrected chi connectivity index (χ1v) is 1.68. The summed E-state index contributed by atoms with van der Waals surface area (Å²) in [6.45, 7) is 0. The lowest BCUT2D eigenvalue weighted by Crippen LogP contribution is -1.74. The number of halogens is 3. The molecule has 1 aromatic rings. The number of rotatable bonds is 0. The molecule has 9 heavy (non-hydrogen) atoms. The Labute approximate surface area is 72.0 Å². The molecule has 0 aliphatic rings. The summed E-state index contributed by atoms with van der Waals surface area (Å²) in [7, 11) is 0. The number of hydrogen-bond acceptors (Lipinski definition) is 2. The average Bonchev–Trinajstić information content (AvgIpc) is 1.86. The highest BCUT2D eigenvalue weighted by Crippen LogP contribution is 1.97. The second-order valence-electron chi connectivity index (χ2n) is 1.02. The molecule has 2 nitrogen and oxygen atoms in total. The van der Waals surface area contributed by atoms with E-state index in [0.717, 1.165) is 0 Å². The predicted molar refractivity (Wildman–Crippen MR) is 44.9 cm³/mol. The maximum atomic E-state index is 5.11. The Hall–Kier alpha value is -0.0500. The van der Waals surface area contributed by atoms with E-state index >= 15 is 0 Å². The highest BCUT2D eigenvalue weighted by molar-refractivity contribution is 5.86. The normalized spacial score (nSPS) is 5.78. The van der Waals surface area contributed by atoms with Gasteiger partial charge in [-0.05, 0) is 6.07 Å². The fourth-order valence-electron chi connectivity index (χ4n) is 0.291. The van der Waals surface area contributed by atoms with Crippen LogP contribution in [0, 0.1) is 0 Å². The van der Waals surface area contributed by atoms with Crippen LogP contribution in [0.4, 0.5) is 5.88 Å². The number of nitrogens with two attached hydrogens (primary N) is 1. The number of nitrogen functional groups attached to an aromatic ring is 1. The highest BCUT2D eigenvalue weighted by Gasteiger charge is 1.76. The van der Waals surface area contributed by atoms with E-state index in [4.69, 9.17) is 5.73 Å². The average molecular weight is 192 g/mol. The lowest BCUT2D eigenvalue weighted by Gasteiger charge is -1.70. The van der Waals surface area contributed by atoms with Crippen LogP contribution in [0.25, 0.3) is 0 Å². The van der Waals surface area contributed by atoms with Crippen molar-refractivity contribution in [3.8, 4) is 0 Å². The first-order chi connectivity index (χ1) is 2.89. The third kappa shape index (κ3) is 5.83. The summed E-state index contributed by atoms with van der Waals surface area (Å²) < 4.78 is 4.61. The summed E-state index contributed by atoms with van der Waals surface area (Å²) in [5.41, 5.74) is 5.11. The minimum Gasteiger partial charge on any atom is -0.449 e. The number of hydrogen-bond donors (Lipinski definition) is 1. The van der Waals surface area contributed by atoms with E-state index in [1.807, 2.05) is 0 Å². The lowest BCUT2D eigenvalue weighted by molar-refractivity contribution is 0.588. The maximum absolute atomic E-state index is 5.11. The van der Waals surface area contributed by atoms with E-state index in [2.05, 4.69) is 4.42 Å². The van der Waals surface area contributed by atoms with Crippen molar-refractivity contribution < 1.29 is 4.42 Å². The van der Waals surface area contributed by atoms with Gasteiger partial charge < -0.3 is 10.2 Å². The zero-order chi connectivity index (χ0) is 4.41. The summed E-state index contributed by atoms with van der Waals surface area (Å²) in [5.74, 6) is 0.468. The van der Waals surface area contributed by atoms with Crippen molar-refractivity contribution in [3.63, 3.8) is 0 Å². The first kappa shape index (κ1) is 16.0. The van der Waals surface area contributed by atoms with E-state index in [-0.39, 0.29) is 37.2 Å². The molecule has 0 saturated carbocycles. The smallest absolute Gasteiger partial charge is 0.190 e. The molecule has 1 rings (SSSR count). The second kappa shape index (κ2) is 7.95. The van der Waals surface area contributed by atoms with Crippen LogP contribution in [0.2, 0.25) is 0 Å².